The first-order valence-corrected chi connectivity index (χ1v) is 5.58. The molecule has 0 bridgehead atoms. The zero-order chi connectivity index (χ0) is 14.0. The van der Waals surface area contributed by atoms with Crippen molar-refractivity contribution in [3.63, 3.8) is 0 Å². The number of nitrogen functional groups attached to an aromatic ring is 1. The number of aryl methyl sites for hydroxylation is 2. The van der Waals surface area contributed by atoms with Crippen molar-refractivity contribution in [2.45, 2.75) is 13.8 Å². The standard InChI is InChI=1S/C12H13N5O2/c1-7-3-4-9(5-8(7)2)15-11-10(17(18)19)6-14-12(13)16-11/h3-6H,1-2H3,(H3,13,14,15,16). The minimum atomic E-state index is -0.553. The first kappa shape index (κ1) is 12.7. The van der Waals surface area contributed by atoms with Crippen LogP contribution in [0.25, 0.3) is 0 Å². The monoisotopic (exact) mass is 259 g/mol. The maximum absolute atomic E-state index is 10.9. The van der Waals surface area contributed by atoms with E-state index < -0.39 is 4.92 Å². The average molecular weight is 259 g/mol. The number of anilines is 3. The van der Waals surface area contributed by atoms with Gasteiger partial charge in [-0.25, -0.2) is 4.98 Å². The number of aromatic nitrogens is 2. The Balaban J connectivity index is 2.39. The van der Waals surface area contributed by atoms with Gasteiger partial charge in [0, 0.05) is 5.69 Å². The molecule has 1 aromatic carbocycles. The van der Waals surface area contributed by atoms with Crippen LogP contribution in [0.3, 0.4) is 0 Å². The summed E-state index contributed by atoms with van der Waals surface area (Å²) >= 11 is 0. The third-order valence-corrected chi connectivity index (χ3v) is 2.75. The predicted octanol–water partition coefficient (Wildman–Crippen LogP) is 2.33. The number of nitrogens with two attached hydrogens (primary N) is 1. The zero-order valence-electron chi connectivity index (χ0n) is 10.5. The summed E-state index contributed by atoms with van der Waals surface area (Å²) in [5.74, 6) is 0.0673. The molecule has 1 aromatic heterocycles. The van der Waals surface area contributed by atoms with Crippen LogP contribution in [0.4, 0.5) is 23.1 Å². The molecule has 2 rings (SSSR count). The van der Waals surface area contributed by atoms with Crippen LogP contribution in [-0.4, -0.2) is 14.9 Å². The van der Waals surface area contributed by atoms with Crippen LogP contribution >= 0.6 is 0 Å². The van der Waals surface area contributed by atoms with E-state index in [2.05, 4.69) is 15.3 Å². The molecule has 0 radical (unpaired) electrons. The number of benzene rings is 1. The highest BCUT2D eigenvalue weighted by Gasteiger charge is 2.16. The van der Waals surface area contributed by atoms with Crippen LogP contribution in [0.2, 0.25) is 0 Å². The summed E-state index contributed by atoms with van der Waals surface area (Å²) in [6.07, 6.45) is 1.09. The van der Waals surface area contributed by atoms with Crippen molar-refractivity contribution in [3.8, 4) is 0 Å². The van der Waals surface area contributed by atoms with Crippen molar-refractivity contribution >= 4 is 23.1 Å². The molecule has 3 N–H and O–H groups in total. The normalized spacial score (nSPS) is 10.2. The van der Waals surface area contributed by atoms with E-state index in [0.29, 0.717) is 5.69 Å². The van der Waals surface area contributed by atoms with Gasteiger partial charge in [-0.05, 0) is 37.1 Å². The molecule has 0 aliphatic carbocycles. The maximum Gasteiger partial charge on any atom is 0.329 e. The molecular weight excluding hydrogens is 246 g/mol. The first-order chi connectivity index (χ1) is 8.97. The van der Waals surface area contributed by atoms with Crippen molar-refractivity contribution in [2.24, 2.45) is 0 Å². The molecule has 0 spiro atoms. The minimum Gasteiger partial charge on any atom is -0.368 e. The first-order valence-electron chi connectivity index (χ1n) is 5.58. The maximum atomic E-state index is 10.9. The van der Waals surface area contributed by atoms with E-state index in [0.717, 1.165) is 17.3 Å². The van der Waals surface area contributed by atoms with E-state index >= 15 is 0 Å². The smallest absolute Gasteiger partial charge is 0.329 e. The van der Waals surface area contributed by atoms with Crippen molar-refractivity contribution < 1.29 is 4.92 Å². The molecule has 0 aliphatic heterocycles. The highest BCUT2D eigenvalue weighted by atomic mass is 16.6. The van der Waals surface area contributed by atoms with Crippen LogP contribution in [0.5, 0.6) is 0 Å². The van der Waals surface area contributed by atoms with Crippen LogP contribution in [0, 0.1) is 24.0 Å². The van der Waals surface area contributed by atoms with Crippen LogP contribution in [0.15, 0.2) is 24.4 Å². The third-order valence-electron chi connectivity index (χ3n) is 2.75. The number of nitro groups is 1. The van der Waals surface area contributed by atoms with Crippen LogP contribution in [0.1, 0.15) is 11.1 Å². The third kappa shape index (κ3) is 2.76. The Morgan fingerprint density at radius 3 is 2.68 bits per heavy atom. The van der Waals surface area contributed by atoms with Crippen LogP contribution < -0.4 is 11.1 Å². The van der Waals surface area contributed by atoms with Crippen molar-refractivity contribution in [3.05, 3.63) is 45.6 Å². The van der Waals surface area contributed by atoms with Gasteiger partial charge in [-0.3, -0.25) is 10.1 Å². The molecule has 0 amide bonds. The molecule has 2 aromatic rings. The summed E-state index contributed by atoms with van der Waals surface area (Å²) < 4.78 is 0. The summed E-state index contributed by atoms with van der Waals surface area (Å²) in [4.78, 5) is 17.8. The Labute approximate surface area is 109 Å². The fourth-order valence-electron chi connectivity index (χ4n) is 1.57. The fraction of sp³-hybridized carbons (Fsp3) is 0.167. The lowest BCUT2D eigenvalue weighted by Gasteiger charge is -2.08. The molecule has 98 valence electrons. The van der Waals surface area contributed by atoms with Crippen molar-refractivity contribution in [1.82, 2.24) is 9.97 Å². The van der Waals surface area contributed by atoms with E-state index in [1.54, 1.807) is 0 Å². The SMILES string of the molecule is Cc1ccc(Nc2nc(N)ncc2[N+](=O)[O-])cc1C. The quantitative estimate of drug-likeness (QED) is 0.647. The second kappa shape index (κ2) is 4.89. The minimum absolute atomic E-state index is 0.0167. The molecule has 0 aliphatic rings. The summed E-state index contributed by atoms with van der Waals surface area (Å²) in [5, 5.41) is 13.8. The van der Waals surface area contributed by atoms with Gasteiger partial charge >= 0.3 is 5.69 Å². The number of nitrogens with one attached hydrogen (secondary N) is 1. The lowest BCUT2D eigenvalue weighted by molar-refractivity contribution is -0.384. The molecule has 0 saturated carbocycles. The fourth-order valence-corrected chi connectivity index (χ4v) is 1.57. The number of nitrogens with zero attached hydrogens (tertiary/aromatic N) is 3. The summed E-state index contributed by atoms with van der Waals surface area (Å²) in [6, 6.07) is 5.63. The Kier molecular flexibility index (Phi) is 3.28. The highest BCUT2D eigenvalue weighted by Crippen LogP contribution is 2.26. The summed E-state index contributed by atoms with van der Waals surface area (Å²) in [7, 11) is 0. The number of hydrogen-bond acceptors (Lipinski definition) is 6. The van der Waals surface area contributed by atoms with E-state index in [-0.39, 0.29) is 17.5 Å². The van der Waals surface area contributed by atoms with Gasteiger partial charge in [0.1, 0.15) is 6.20 Å². The highest BCUT2D eigenvalue weighted by molar-refractivity contribution is 5.66. The lowest BCUT2D eigenvalue weighted by atomic mass is 10.1. The molecule has 0 saturated heterocycles. The molecule has 0 atom stereocenters. The Bertz CT molecular complexity index is 642. The molecule has 7 nitrogen and oxygen atoms in total. The van der Waals surface area contributed by atoms with Crippen LogP contribution in [-0.2, 0) is 0 Å². The van der Waals surface area contributed by atoms with Gasteiger partial charge in [0.05, 0.1) is 4.92 Å². The molecule has 1 heterocycles. The molecule has 19 heavy (non-hydrogen) atoms. The van der Waals surface area contributed by atoms with E-state index in [1.165, 1.54) is 0 Å². The van der Waals surface area contributed by atoms with Crippen molar-refractivity contribution in [2.75, 3.05) is 11.1 Å². The van der Waals surface area contributed by atoms with Gasteiger partial charge < -0.3 is 11.1 Å². The van der Waals surface area contributed by atoms with Gasteiger partial charge in [-0.15, -0.1) is 0 Å². The predicted molar refractivity (Wildman–Crippen MR) is 72.3 cm³/mol. The second-order valence-electron chi connectivity index (χ2n) is 4.14. The second-order valence-corrected chi connectivity index (χ2v) is 4.14. The van der Waals surface area contributed by atoms with Gasteiger partial charge in [-0.1, -0.05) is 6.07 Å². The lowest BCUT2D eigenvalue weighted by Crippen LogP contribution is -2.04. The van der Waals surface area contributed by atoms with Gasteiger partial charge in [-0.2, -0.15) is 4.98 Å². The van der Waals surface area contributed by atoms with Gasteiger partial charge in [0.15, 0.2) is 0 Å². The average Bonchev–Trinajstić information content (AvgIpc) is 2.33. The zero-order valence-corrected chi connectivity index (χ0v) is 10.5. The van der Waals surface area contributed by atoms with E-state index in [1.807, 2.05) is 32.0 Å². The number of rotatable bonds is 3. The largest absolute Gasteiger partial charge is 0.368 e. The molecular formula is C12H13N5O2. The van der Waals surface area contributed by atoms with Gasteiger partial charge in [0.2, 0.25) is 11.8 Å². The molecule has 0 fully saturated rings. The molecule has 0 unspecified atom stereocenters. The Hall–Kier alpha value is -2.70. The Morgan fingerprint density at radius 1 is 1.32 bits per heavy atom. The van der Waals surface area contributed by atoms with E-state index in [4.69, 9.17) is 5.73 Å². The summed E-state index contributed by atoms with van der Waals surface area (Å²) in [6.45, 7) is 3.95. The summed E-state index contributed by atoms with van der Waals surface area (Å²) in [5.41, 5.74) is 8.17. The van der Waals surface area contributed by atoms with Gasteiger partial charge in [0.25, 0.3) is 0 Å². The van der Waals surface area contributed by atoms with E-state index in [9.17, 15) is 10.1 Å². The Morgan fingerprint density at radius 2 is 2.05 bits per heavy atom. The topological polar surface area (TPSA) is 107 Å². The van der Waals surface area contributed by atoms with Crippen molar-refractivity contribution in [1.29, 1.82) is 0 Å². The molecule has 7 heteroatoms. The number of hydrogen-bond donors (Lipinski definition) is 2.